The molecule has 16 heavy (non-hydrogen) atoms. The second-order valence-electron chi connectivity index (χ2n) is 3.61. The maximum atomic E-state index is 10.2. The number of aliphatic hydroxyl groups excluding tert-OH is 1. The molecule has 2 heterocycles. The Morgan fingerprint density at radius 1 is 1.00 bits per heavy atom. The van der Waals surface area contributed by atoms with Gasteiger partial charge in [0.1, 0.15) is 6.10 Å². The summed E-state index contributed by atoms with van der Waals surface area (Å²) in [6, 6.07) is 14.0. The maximum absolute atomic E-state index is 10.2. The fourth-order valence-corrected chi connectivity index (χ4v) is 3.85. The molecule has 3 rings (SSSR count). The number of hydrogen-bond donors (Lipinski definition) is 1. The topological polar surface area (TPSA) is 20.2 Å². The van der Waals surface area contributed by atoms with E-state index in [1.807, 2.05) is 30.3 Å². The monoisotopic (exact) mass is 246 g/mol. The highest BCUT2D eigenvalue weighted by Gasteiger charge is 2.13. The zero-order valence-electron chi connectivity index (χ0n) is 8.46. The normalized spacial score (nSPS) is 13.1. The molecule has 0 radical (unpaired) electrons. The zero-order valence-corrected chi connectivity index (χ0v) is 10.1. The van der Waals surface area contributed by atoms with E-state index in [1.165, 1.54) is 9.40 Å². The molecule has 0 fully saturated rings. The van der Waals surface area contributed by atoms with Crippen LogP contribution in [0.2, 0.25) is 0 Å². The molecule has 0 aliphatic carbocycles. The van der Waals surface area contributed by atoms with Crippen molar-refractivity contribution >= 4 is 32.1 Å². The fourth-order valence-electron chi connectivity index (χ4n) is 1.72. The molecule has 0 saturated heterocycles. The van der Waals surface area contributed by atoms with E-state index in [0.717, 1.165) is 10.4 Å². The first kappa shape index (κ1) is 10.0. The van der Waals surface area contributed by atoms with Crippen LogP contribution in [0.5, 0.6) is 0 Å². The van der Waals surface area contributed by atoms with Crippen molar-refractivity contribution in [2.45, 2.75) is 6.10 Å². The van der Waals surface area contributed by atoms with Crippen molar-refractivity contribution in [1.82, 2.24) is 0 Å². The van der Waals surface area contributed by atoms with Crippen LogP contribution in [0.15, 0.2) is 47.8 Å². The molecule has 0 aliphatic rings. The molecule has 1 nitrogen and oxygen atoms in total. The van der Waals surface area contributed by atoms with Gasteiger partial charge in [0.05, 0.1) is 0 Å². The van der Waals surface area contributed by atoms with Crippen LogP contribution >= 0.6 is 22.7 Å². The summed E-state index contributed by atoms with van der Waals surface area (Å²) in [7, 11) is 0. The van der Waals surface area contributed by atoms with Crippen LogP contribution in [0.4, 0.5) is 0 Å². The lowest BCUT2D eigenvalue weighted by Gasteiger charge is -2.07. The second-order valence-corrected chi connectivity index (χ2v) is 5.67. The zero-order chi connectivity index (χ0) is 11.0. The van der Waals surface area contributed by atoms with Crippen molar-refractivity contribution in [3.8, 4) is 0 Å². The van der Waals surface area contributed by atoms with E-state index in [4.69, 9.17) is 0 Å². The average molecular weight is 246 g/mol. The molecule has 1 N–H and O–H groups in total. The van der Waals surface area contributed by atoms with Gasteiger partial charge in [0, 0.05) is 14.3 Å². The van der Waals surface area contributed by atoms with Gasteiger partial charge < -0.3 is 5.11 Å². The van der Waals surface area contributed by atoms with E-state index < -0.39 is 6.10 Å². The highest BCUT2D eigenvalue weighted by atomic mass is 32.1. The summed E-state index contributed by atoms with van der Waals surface area (Å²) < 4.78 is 2.52. The minimum Gasteiger partial charge on any atom is -0.383 e. The Morgan fingerprint density at radius 2 is 1.81 bits per heavy atom. The Balaban J connectivity index is 2.01. The number of fused-ring (bicyclic) bond motifs is 1. The fraction of sp³-hybridized carbons (Fsp3) is 0.0769. The molecule has 1 aromatic carbocycles. The summed E-state index contributed by atoms with van der Waals surface area (Å²) >= 11 is 3.39. The molecule has 80 valence electrons. The van der Waals surface area contributed by atoms with E-state index in [9.17, 15) is 5.11 Å². The third kappa shape index (κ3) is 1.67. The molecule has 1 unspecified atom stereocenters. The Morgan fingerprint density at radius 3 is 2.56 bits per heavy atom. The molecule has 2 aromatic heterocycles. The first-order valence-corrected chi connectivity index (χ1v) is 6.74. The summed E-state index contributed by atoms with van der Waals surface area (Å²) in [6.07, 6.45) is -0.495. The van der Waals surface area contributed by atoms with Crippen molar-refractivity contribution < 1.29 is 5.11 Å². The highest BCUT2D eigenvalue weighted by molar-refractivity contribution is 7.26. The quantitative estimate of drug-likeness (QED) is 0.723. The Bertz CT molecular complexity index is 566. The van der Waals surface area contributed by atoms with Gasteiger partial charge in [0.25, 0.3) is 0 Å². The van der Waals surface area contributed by atoms with Crippen LogP contribution in [-0.2, 0) is 0 Å². The molecular weight excluding hydrogens is 236 g/mol. The lowest BCUT2D eigenvalue weighted by molar-refractivity contribution is 0.224. The largest absolute Gasteiger partial charge is 0.383 e. The van der Waals surface area contributed by atoms with Crippen LogP contribution in [-0.4, -0.2) is 5.11 Å². The summed E-state index contributed by atoms with van der Waals surface area (Å²) in [5, 5.41) is 12.3. The van der Waals surface area contributed by atoms with Crippen molar-refractivity contribution in [2.24, 2.45) is 0 Å². The van der Waals surface area contributed by atoms with Gasteiger partial charge in [-0.2, -0.15) is 0 Å². The number of thiophene rings is 2. The Hall–Kier alpha value is -1.16. The number of rotatable bonds is 2. The van der Waals surface area contributed by atoms with E-state index >= 15 is 0 Å². The summed E-state index contributed by atoms with van der Waals surface area (Å²) in [5.41, 5.74) is 0.955. The molecule has 0 spiro atoms. The summed E-state index contributed by atoms with van der Waals surface area (Å²) in [5.74, 6) is 0. The molecule has 0 amide bonds. The van der Waals surface area contributed by atoms with Gasteiger partial charge in [0.15, 0.2) is 0 Å². The van der Waals surface area contributed by atoms with E-state index in [-0.39, 0.29) is 0 Å². The van der Waals surface area contributed by atoms with Gasteiger partial charge in [0.2, 0.25) is 0 Å². The smallest absolute Gasteiger partial charge is 0.113 e. The van der Waals surface area contributed by atoms with Gasteiger partial charge in [-0.3, -0.25) is 0 Å². The van der Waals surface area contributed by atoms with Crippen molar-refractivity contribution in [2.75, 3.05) is 0 Å². The van der Waals surface area contributed by atoms with Crippen molar-refractivity contribution in [3.05, 3.63) is 58.3 Å². The number of hydrogen-bond acceptors (Lipinski definition) is 3. The predicted molar refractivity (Wildman–Crippen MR) is 70.2 cm³/mol. The van der Waals surface area contributed by atoms with Crippen LogP contribution in [0, 0.1) is 0 Å². The van der Waals surface area contributed by atoms with Gasteiger partial charge in [-0.15, -0.1) is 22.7 Å². The summed E-state index contributed by atoms with van der Waals surface area (Å²) in [4.78, 5) is 1.02. The molecular formula is C13H10OS2. The first-order valence-electron chi connectivity index (χ1n) is 5.04. The third-order valence-electron chi connectivity index (χ3n) is 2.54. The lowest BCUT2D eigenvalue weighted by atomic mass is 10.1. The highest BCUT2D eigenvalue weighted by Crippen LogP contribution is 2.35. The Kier molecular flexibility index (Phi) is 2.52. The van der Waals surface area contributed by atoms with Crippen LogP contribution in [0.1, 0.15) is 16.5 Å². The molecule has 0 saturated carbocycles. The minimum atomic E-state index is -0.495. The van der Waals surface area contributed by atoms with Crippen LogP contribution < -0.4 is 0 Å². The van der Waals surface area contributed by atoms with Crippen LogP contribution in [0.3, 0.4) is 0 Å². The van der Waals surface area contributed by atoms with Crippen molar-refractivity contribution in [1.29, 1.82) is 0 Å². The van der Waals surface area contributed by atoms with E-state index in [0.29, 0.717) is 0 Å². The predicted octanol–water partition coefficient (Wildman–Crippen LogP) is 4.04. The van der Waals surface area contributed by atoms with E-state index in [1.54, 1.807) is 22.7 Å². The molecule has 0 aliphatic heterocycles. The maximum Gasteiger partial charge on any atom is 0.113 e. The average Bonchev–Trinajstić information content (AvgIpc) is 2.89. The molecule has 0 bridgehead atoms. The number of aliphatic hydroxyl groups is 1. The standard InChI is InChI=1S/C13H10OS2/c14-13(9-4-2-1-3-5-9)12-8-11-10(16-12)6-7-15-11/h1-8,13-14H. The second kappa shape index (κ2) is 4.01. The number of benzene rings is 1. The molecule has 3 heteroatoms. The van der Waals surface area contributed by atoms with Crippen molar-refractivity contribution in [3.63, 3.8) is 0 Å². The van der Waals surface area contributed by atoms with Gasteiger partial charge in [-0.25, -0.2) is 0 Å². The van der Waals surface area contributed by atoms with Gasteiger partial charge in [-0.1, -0.05) is 30.3 Å². The Labute approximate surface area is 102 Å². The molecule has 3 aromatic rings. The van der Waals surface area contributed by atoms with Gasteiger partial charge >= 0.3 is 0 Å². The lowest BCUT2D eigenvalue weighted by Crippen LogP contribution is -1.95. The first-order chi connectivity index (χ1) is 7.84. The van der Waals surface area contributed by atoms with Gasteiger partial charge in [-0.05, 0) is 23.1 Å². The summed E-state index contributed by atoms with van der Waals surface area (Å²) in [6.45, 7) is 0. The third-order valence-corrected chi connectivity index (χ3v) is 4.69. The SMILES string of the molecule is OC(c1ccccc1)c1cc2sccc2s1. The molecule has 1 atom stereocenters. The van der Waals surface area contributed by atoms with E-state index in [2.05, 4.69) is 17.5 Å². The van der Waals surface area contributed by atoms with Crippen LogP contribution in [0.25, 0.3) is 9.40 Å². The minimum absolute atomic E-state index is 0.495.